The fourth-order valence-electron chi connectivity index (χ4n) is 3.57. The Hall–Kier alpha value is 0.540. The van der Waals surface area contributed by atoms with Crippen LogP contribution in [0.2, 0.25) is 0 Å². The van der Waals surface area contributed by atoms with E-state index in [9.17, 15) is 9.46 Å². The highest BCUT2D eigenvalue weighted by Crippen LogP contribution is 2.57. The van der Waals surface area contributed by atoms with E-state index in [2.05, 4.69) is 55.4 Å². The second kappa shape index (κ2) is 20.2. The highest BCUT2D eigenvalue weighted by Gasteiger charge is 2.27. The van der Waals surface area contributed by atoms with Crippen LogP contribution in [0.25, 0.3) is 0 Å². The molecule has 4 nitrogen and oxygen atoms in total. The topological polar surface area (TPSA) is 58.6 Å². The van der Waals surface area contributed by atoms with Gasteiger partial charge in [-0.3, -0.25) is 4.57 Å². The smallest absolute Gasteiger partial charge is 0.267 e. The van der Waals surface area contributed by atoms with Crippen LogP contribution in [-0.4, -0.2) is 37.9 Å². The first-order chi connectivity index (χ1) is 14.2. The molecule has 2 unspecified atom stereocenters. The van der Waals surface area contributed by atoms with E-state index in [1.807, 2.05) is 0 Å². The minimum absolute atomic E-state index is 0.253. The molecule has 0 aliphatic carbocycles. The van der Waals surface area contributed by atoms with E-state index in [-0.39, 0.29) is 13.2 Å². The van der Waals surface area contributed by atoms with Gasteiger partial charge in [-0.05, 0) is 52.4 Å². The molecular weight excluding hydrogens is 414 g/mol. The van der Waals surface area contributed by atoms with Crippen molar-refractivity contribution in [3.05, 3.63) is 0 Å². The predicted molar refractivity (Wildman–Crippen MR) is 135 cm³/mol. The highest BCUT2D eigenvalue weighted by atomic mass is 31.2. The van der Waals surface area contributed by atoms with Crippen molar-refractivity contribution in [1.82, 2.24) is 0 Å². The molecule has 0 aromatic rings. The molecule has 0 aliphatic rings. The van der Waals surface area contributed by atoms with Crippen molar-refractivity contribution in [3.8, 4) is 0 Å². The van der Waals surface area contributed by atoms with Gasteiger partial charge in [0, 0.05) is 7.26 Å². The van der Waals surface area contributed by atoms with E-state index in [0.717, 1.165) is 51.4 Å². The molecule has 0 heterocycles. The first-order valence-electron chi connectivity index (χ1n) is 12.7. The van der Waals surface area contributed by atoms with Gasteiger partial charge in [-0.25, -0.2) is 0 Å². The van der Waals surface area contributed by atoms with E-state index in [1.54, 1.807) is 0 Å². The summed E-state index contributed by atoms with van der Waals surface area (Å²) in [6.45, 7) is 18.3. The molecule has 0 N–H and O–H groups in total. The standard InChI is InChI=1S/C16H35O4P.C8H20P/c1-5-9-11-15(7-3)13-19-21(17,18)20-14-16(8-4)12-10-6-2;1-5-9(6-2,7-3)8-4/h15-16H,5-14H2,1-4H3,(H,17,18);5-8H2,1-4H3/q;+1/p-1. The van der Waals surface area contributed by atoms with Crippen molar-refractivity contribution in [3.63, 3.8) is 0 Å². The van der Waals surface area contributed by atoms with Crippen LogP contribution in [0.5, 0.6) is 0 Å². The number of unbranched alkanes of at least 4 members (excludes halogenated alkanes) is 2. The van der Waals surface area contributed by atoms with E-state index in [1.165, 1.54) is 24.6 Å². The van der Waals surface area contributed by atoms with Gasteiger partial charge in [-0.15, -0.1) is 0 Å². The van der Waals surface area contributed by atoms with Gasteiger partial charge in [0.15, 0.2) is 0 Å². The molecule has 0 bridgehead atoms. The summed E-state index contributed by atoms with van der Waals surface area (Å²) in [4.78, 5) is 11.8. The first-order valence-corrected chi connectivity index (χ1v) is 16.7. The molecule has 30 heavy (non-hydrogen) atoms. The summed E-state index contributed by atoms with van der Waals surface area (Å²) in [5.41, 5.74) is 0. The van der Waals surface area contributed by atoms with Crippen molar-refractivity contribution >= 4 is 15.1 Å². The zero-order valence-electron chi connectivity index (χ0n) is 21.6. The highest BCUT2D eigenvalue weighted by molar-refractivity contribution is 7.75. The Morgan fingerprint density at radius 3 is 1.23 bits per heavy atom. The maximum absolute atomic E-state index is 11.8. The second-order valence-corrected chi connectivity index (χ2v) is 15.1. The zero-order valence-corrected chi connectivity index (χ0v) is 23.4. The molecule has 0 spiro atoms. The van der Waals surface area contributed by atoms with Crippen LogP contribution in [0, 0.1) is 11.8 Å². The average molecular weight is 469 g/mol. The van der Waals surface area contributed by atoms with Gasteiger partial charge in [-0.2, -0.15) is 0 Å². The van der Waals surface area contributed by atoms with Gasteiger partial charge in [0.2, 0.25) is 0 Å². The van der Waals surface area contributed by atoms with E-state index in [4.69, 9.17) is 9.05 Å². The predicted octanol–water partition coefficient (Wildman–Crippen LogP) is 8.00. The normalized spacial score (nSPS) is 15.8. The Bertz CT molecular complexity index is 373. The minimum atomic E-state index is -4.14. The summed E-state index contributed by atoms with van der Waals surface area (Å²) in [7, 11) is -4.56. The van der Waals surface area contributed by atoms with Crippen LogP contribution in [0.1, 0.15) is 107 Å². The number of phosphoric ester groups is 1. The Labute approximate surface area is 190 Å². The van der Waals surface area contributed by atoms with Crippen LogP contribution in [0.3, 0.4) is 0 Å². The second-order valence-electron chi connectivity index (χ2n) is 8.48. The quantitative estimate of drug-likeness (QED) is 0.191. The number of hydrogen-bond acceptors (Lipinski definition) is 4. The summed E-state index contributed by atoms with van der Waals surface area (Å²) in [6, 6.07) is 0. The maximum Gasteiger partial charge on any atom is 0.267 e. The van der Waals surface area contributed by atoms with Gasteiger partial charge in [0.05, 0.1) is 37.9 Å². The molecule has 0 fully saturated rings. The lowest BCUT2D eigenvalue weighted by molar-refractivity contribution is -0.227. The van der Waals surface area contributed by atoms with Crippen molar-refractivity contribution in [2.75, 3.05) is 37.9 Å². The molecule has 0 radical (unpaired) electrons. The summed E-state index contributed by atoms with van der Waals surface area (Å²) in [5, 5.41) is 0. The molecule has 0 saturated heterocycles. The first kappa shape index (κ1) is 32.7. The van der Waals surface area contributed by atoms with Crippen LogP contribution in [-0.2, 0) is 13.6 Å². The SMILES string of the molecule is CCCCC(CC)COP(=O)([O-])OCC(CC)CCCC.CC[P+](CC)(CC)CC. The van der Waals surface area contributed by atoms with Gasteiger partial charge >= 0.3 is 0 Å². The fourth-order valence-corrected chi connectivity index (χ4v) is 7.11. The van der Waals surface area contributed by atoms with Crippen LogP contribution < -0.4 is 4.89 Å². The summed E-state index contributed by atoms with van der Waals surface area (Å²) < 4.78 is 21.9. The molecular formula is C24H54O4P2. The summed E-state index contributed by atoms with van der Waals surface area (Å²) in [5.74, 6) is 0.607. The zero-order chi connectivity index (χ0) is 23.5. The maximum atomic E-state index is 11.8. The minimum Gasteiger partial charge on any atom is -0.756 e. The number of rotatable bonds is 18. The van der Waals surface area contributed by atoms with Gasteiger partial charge in [0.1, 0.15) is 0 Å². The largest absolute Gasteiger partial charge is 0.756 e. The third-order valence-electron chi connectivity index (χ3n) is 6.71. The summed E-state index contributed by atoms with van der Waals surface area (Å²) >= 11 is 0. The van der Waals surface area contributed by atoms with Crippen molar-refractivity contribution in [1.29, 1.82) is 0 Å². The van der Waals surface area contributed by atoms with Crippen molar-refractivity contribution < 1.29 is 18.5 Å². The lowest BCUT2D eigenvalue weighted by atomic mass is 10.0. The van der Waals surface area contributed by atoms with Gasteiger partial charge < -0.3 is 13.9 Å². The van der Waals surface area contributed by atoms with Crippen molar-refractivity contribution in [2.45, 2.75) is 107 Å². The van der Waals surface area contributed by atoms with Crippen LogP contribution in [0.4, 0.5) is 0 Å². The molecule has 0 aromatic carbocycles. The molecule has 6 heteroatoms. The lowest BCUT2D eigenvalue weighted by Gasteiger charge is -2.27. The van der Waals surface area contributed by atoms with E-state index >= 15 is 0 Å². The molecule has 2 atom stereocenters. The molecule has 0 saturated carbocycles. The molecule has 0 amide bonds. The molecule has 0 rings (SSSR count). The van der Waals surface area contributed by atoms with Crippen molar-refractivity contribution in [2.24, 2.45) is 11.8 Å². The Morgan fingerprint density at radius 2 is 1.03 bits per heavy atom. The lowest BCUT2D eigenvalue weighted by Crippen LogP contribution is -2.17. The van der Waals surface area contributed by atoms with E-state index in [0.29, 0.717) is 11.8 Å². The number of hydrogen-bond donors (Lipinski definition) is 0. The third-order valence-corrected chi connectivity index (χ3v) is 13.0. The summed E-state index contributed by atoms with van der Waals surface area (Å²) in [6.07, 6.45) is 14.2. The van der Waals surface area contributed by atoms with E-state index < -0.39 is 15.1 Å². The monoisotopic (exact) mass is 468 g/mol. The molecule has 0 aromatic heterocycles. The van der Waals surface area contributed by atoms with Crippen LogP contribution in [0.15, 0.2) is 0 Å². The third kappa shape index (κ3) is 16.2. The van der Waals surface area contributed by atoms with Gasteiger partial charge in [-0.1, -0.05) is 66.2 Å². The van der Waals surface area contributed by atoms with Crippen LogP contribution >= 0.6 is 15.1 Å². The average Bonchev–Trinajstić information content (AvgIpc) is 2.76. The Morgan fingerprint density at radius 1 is 0.700 bits per heavy atom. The number of phosphoric acid groups is 1. The van der Waals surface area contributed by atoms with Gasteiger partial charge in [0.25, 0.3) is 7.82 Å². The molecule has 184 valence electrons. The Kier molecular flexibility index (Phi) is 22.0. The Balaban J connectivity index is 0. The molecule has 0 aliphatic heterocycles. The fraction of sp³-hybridized carbons (Fsp3) is 1.00.